The molecule has 30 heavy (non-hydrogen) atoms. The van der Waals surface area contributed by atoms with Crippen LogP contribution in [0.5, 0.6) is 0 Å². The van der Waals surface area contributed by atoms with E-state index >= 15 is 0 Å². The minimum Gasteiger partial charge on any atom is -0.353 e. The van der Waals surface area contributed by atoms with Gasteiger partial charge in [-0.25, -0.2) is 0 Å². The lowest BCUT2D eigenvalue weighted by Crippen LogP contribution is -2.57. The normalized spacial score (nSPS) is 27.9. The molecule has 1 spiro atoms. The van der Waals surface area contributed by atoms with Gasteiger partial charge >= 0.3 is 6.18 Å². The van der Waals surface area contributed by atoms with Gasteiger partial charge in [0.2, 0.25) is 5.91 Å². The SMILES string of the molecule is CC[C@@H](C)NC(=O)[C@H]1COC2(CCC(C)CC2)N1C(=O)c1cccc(C(F)(F)F)c1. The molecule has 2 fully saturated rings. The van der Waals surface area contributed by atoms with Crippen molar-refractivity contribution in [1.82, 2.24) is 10.2 Å². The first-order valence-electron chi connectivity index (χ1n) is 10.5. The third-order valence-corrected chi connectivity index (χ3v) is 6.28. The van der Waals surface area contributed by atoms with E-state index in [2.05, 4.69) is 12.2 Å². The third-order valence-electron chi connectivity index (χ3n) is 6.28. The van der Waals surface area contributed by atoms with Gasteiger partial charge in [-0.1, -0.05) is 19.9 Å². The zero-order valence-corrected chi connectivity index (χ0v) is 17.6. The molecular weight excluding hydrogens is 397 g/mol. The second-order valence-corrected chi connectivity index (χ2v) is 8.53. The molecule has 5 nitrogen and oxygen atoms in total. The van der Waals surface area contributed by atoms with Crippen LogP contribution in [0.1, 0.15) is 68.8 Å². The number of nitrogens with one attached hydrogen (secondary N) is 1. The number of alkyl halides is 3. The fourth-order valence-corrected chi connectivity index (χ4v) is 4.19. The number of amides is 2. The van der Waals surface area contributed by atoms with Gasteiger partial charge in [0.25, 0.3) is 5.91 Å². The Morgan fingerprint density at radius 2 is 1.97 bits per heavy atom. The van der Waals surface area contributed by atoms with Crippen molar-refractivity contribution in [3.05, 3.63) is 35.4 Å². The molecule has 166 valence electrons. The van der Waals surface area contributed by atoms with Crippen LogP contribution in [0.2, 0.25) is 0 Å². The molecule has 8 heteroatoms. The first kappa shape index (κ1) is 22.6. The number of ether oxygens (including phenoxy) is 1. The average molecular weight is 426 g/mol. The number of benzene rings is 1. The average Bonchev–Trinajstić information content (AvgIpc) is 3.08. The van der Waals surface area contributed by atoms with Gasteiger partial charge in [-0.3, -0.25) is 14.5 Å². The van der Waals surface area contributed by atoms with Crippen LogP contribution in [0.15, 0.2) is 24.3 Å². The lowest BCUT2D eigenvalue weighted by Gasteiger charge is -2.43. The van der Waals surface area contributed by atoms with E-state index in [1.807, 2.05) is 13.8 Å². The molecule has 1 saturated carbocycles. The summed E-state index contributed by atoms with van der Waals surface area (Å²) >= 11 is 0. The highest BCUT2D eigenvalue weighted by Crippen LogP contribution is 2.43. The highest BCUT2D eigenvalue weighted by Gasteiger charge is 2.53. The van der Waals surface area contributed by atoms with Crippen molar-refractivity contribution < 1.29 is 27.5 Å². The maximum Gasteiger partial charge on any atom is 0.416 e. The van der Waals surface area contributed by atoms with E-state index < -0.39 is 29.4 Å². The van der Waals surface area contributed by atoms with Crippen LogP contribution in [0, 0.1) is 5.92 Å². The number of halogens is 3. The number of rotatable bonds is 4. The summed E-state index contributed by atoms with van der Waals surface area (Å²) in [5.74, 6) is -0.463. The predicted molar refractivity (Wildman–Crippen MR) is 106 cm³/mol. The molecule has 0 radical (unpaired) electrons. The second kappa shape index (κ2) is 8.57. The molecule has 1 N–H and O–H groups in total. The minimum absolute atomic E-state index is 0.0430. The van der Waals surface area contributed by atoms with E-state index in [-0.39, 0.29) is 24.1 Å². The zero-order valence-electron chi connectivity index (χ0n) is 17.6. The molecule has 2 amide bonds. The van der Waals surface area contributed by atoms with Gasteiger partial charge in [0, 0.05) is 11.6 Å². The van der Waals surface area contributed by atoms with Crippen LogP contribution in [-0.2, 0) is 15.7 Å². The molecule has 1 aliphatic carbocycles. The molecule has 2 aliphatic rings. The quantitative estimate of drug-likeness (QED) is 0.778. The molecule has 0 unspecified atom stereocenters. The Morgan fingerprint density at radius 1 is 1.30 bits per heavy atom. The van der Waals surface area contributed by atoms with Crippen molar-refractivity contribution in [3.8, 4) is 0 Å². The summed E-state index contributed by atoms with van der Waals surface area (Å²) in [7, 11) is 0. The number of carbonyl (C=O) groups excluding carboxylic acids is 2. The van der Waals surface area contributed by atoms with Crippen molar-refractivity contribution in [2.24, 2.45) is 5.92 Å². The highest BCUT2D eigenvalue weighted by atomic mass is 19.4. The van der Waals surface area contributed by atoms with E-state index in [0.717, 1.165) is 31.4 Å². The Balaban J connectivity index is 1.95. The standard InChI is InChI=1S/C22H29F3N2O3/c1-4-15(3)26-19(28)18-13-30-21(10-8-14(2)9-11-21)27(18)20(29)16-6-5-7-17(12-16)22(23,24)25/h5-7,12,14-15,18H,4,8-11,13H2,1-3H3,(H,26,28)/t14?,15-,18-,21?/m1/s1. The summed E-state index contributed by atoms with van der Waals surface area (Å²) in [5.41, 5.74) is -1.93. The monoisotopic (exact) mass is 426 g/mol. The smallest absolute Gasteiger partial charge is 0.353 e. The Bertz CT molecular complexity index is 788. The number of nitrogens with zero attached hydrogens (tertiary/aromatic N) is 1. The van der Waals surface area contributed by atoms with Crippen LogP contribution >= 0.6 is 0 Å². The van der Waals surface area contributed by atoms with E-state index in [9.17, 15) is 22.8 Å². The highest BCUT2D eigenvalue weighted by molar-refractivity contribution is 5.98. The summed E-state index contributed by atoms with van der Waals surface area (Å²) in [4.78, 5) is 27.8. The molecule has 1 aliphatic heterocycles. The summed E-state index contributed by atoms with van der Waals surface area (Å²) in [6.07, 6.45) is -1.05. The molecule has 1 aromatic rings. The molecular formula is C22H29F3N2O3. The molecule has 3 rings (SSSR count). The van der Waals surface area contributed by atoms with Crippen LogP contribution in [-0.4, -0.2) is 41.1 Å². The van der Waals surface area contributed by atoms with Gasteiger partial charge in [0.05, 0.1) is 12.2 Å². The van der Waals surface area contributed by atoms with Gasteiger partial charge in [0.1, 0.15) is 11.8 Å². The predicted octanol–water partition coefficient (Wildman–Crippen LogP) is 4.37. The largest absolute Gasteiger partial charge is 0.416 e. The van der Waals surface area contributed by atoms with Crippen LogP contribution in [0.25, 0.3) is 0 Å². The fraction of sp³-hybridized carbons (Fsp3) is 0.636. The van der Waals surface area contributed by atoms with Gasteiger partial charge in [0.15, 0.2) is 0 Å². The maximum atomic E-state index is 13.4. The van der Waals surface area contributed by atoms with Gasteiger partial charge < -0.3 is 10.1 Å². The Labute approximate surface area is 175 Å². The molecule has 0 bridgehead atoms. The first-order chi connectivity index (χ1) is 14.1. The Morgan fingerprint density at radius 3 is 2.57 bits per heavy atom. The second-order valence-electron chi connectivity index (χ2n) is 8.53. The van der Waals surface area contributed by atoms with Crippen LogP contribution < -0.4 is 5.32 Å². The summed E-state index contributed by atoms with van der Waals surface area (Å²) in [6, 6.07) is 3.42. The lowest BCUT2D eigenvalue weighted by molar-refractivity contribution is -0.137. The molecule has 0 aromatic heterocycles. The van der Waals surface area contributed by atoms with Crippen molar-refractivity contribution in [2.75, 3.05) is 6.61 Å². The first-order valence-corrected chi connectivity index (χ1v) is 10.5. The lowest BCUT2D eigenvalue weighted by atomic mass is 9.83. The van der Waals surface area contributed by atoms with Crippen molar-refractivity contribution in [1.29, 1.82) is 0 Å². The molecule has 2 atom stereocenters. The van der Waals surface area contributed by atoms with E-state index in [4.69, 9.17) is 4.74 Å². The van der Waals surface area contributed by atoms with Gasteiger partial charge in [-0.05, 0) is 63.1 Å². The molecule has 1 aromatic carbocycles. The Kier molecular flexibility index (Phi) is 6.45. The minimum atomic E-state index is -4.55. The maximum absolute atomic E-state index is 13.4. The van der Waals surface area contributed by atoms with E-state index in [1.54, 1.807) is 0 Å². The number of hydrogen-bond donors (Lipinski definition) is 1. The topological polar surface area (TPSA) is 58.6 Å². The summed E-state index contributed by atoms with van der Waals surface area (Å²) in [6.45, 7) is 5.96. The van der Waals surface area contributed by atoms with E-state index in [0.29, 0.717) is 18.8 Å². The Hall–Kier alpha value is -2.09. The van der Waals surface area contributed by atoms with Crippen molar-refractivity contribution in [2.45, 2.75) is 76.9 Å². The molecule has 1 heterocycles. The van der Waals surface area contributed by atoms with Crippen LogP contribution in [0.3, 0.4) is 0 Å². The summed E-state index contributed by atoms with van der Waals surface area (Å²) in [5, 5.41) is 2.88. The van der Waals surface area contributed by atoms with Crippen LogP contribution in [0.4, 0.5) is 13.2 Å². The van der Waals surface area contributed by atoms with Crippen molar-refractivity contribution >= 4 is 11.8 Å². The van der Waals surface area contributed by atoms with Gasteiger partial charge in [-0.2, -0.15) is 13.2 Å². The van der Waals surface area contributed by atoms with Crippen molar-refractivity contribution in [3.63, 3.8) is 0 Å². The van der Waals surface area contributed by atoms with Gasteiger partial charge in [-0.15, -0.1) is 0 Å². The summed E-state index contributed by atoms with van der Waals surface area (Å²) < 4.78 is 45.6. The molecule has 1 saturated heterocycles. The fourth-order valence-electron chi connectivity index (χ4n) is 4.19. The number of carbonyl (C=O) groups is 2. The number of hydrogen-bond acceptors (Lipinski definition) is 3. The third kappa shape index (κ3) is 4.48. The zero-order chi connectivity index (χ0) is 22.1. The van der Waals surface area contributed by atoms with E-state index in [1.165, 1.54) is 17.0 Å².